The van der Waals surface area contributed by atoms with Gasteiger partial charge >= 0.3 is 0 Å². The van der Waals surface area contributed by atoms with Crippen molar-refractivity contribution in [1.82, 2.24) is 10.2 Å². The van der Waals surface area contributed by atoms with E-state index in [0.717, 1.165) is 28.3 Å². The maximum absolute atomic E-state index is 13.9. The zero-order valence-electron chi connectivity index (χ0n) is 23.6. The number of halogens is 1. The summed E-state index contributed by atoms with van der Waals surface area (Å²) >= 11 is 6.17. The quantitative estimate of drug-likeness (QED) is 0.268. The number of carbonyl (C=O) groups is 2. The van der Waals surface area contributed by atoms with Crippen LogP contribution in [-0.2, 0) is 26.0 Å². The summed E-state index contributed by atoms with van der Waals surface area (Å²) in [7, 11) is -4.12. The first kappa shape index (κ1) is 31.2. The van der Waals surface area contributed by atoms with Crippen LogP contribution in [0.1, 0.15) is 43.4 Å². The lowest BCUT2D eigenvalue weighted by Crippen LogP contribution is -2.52. The molecule has 3 rings (SSSR count). The van der Waals surface area contributed by atoms with Crippen molar-refractivity contribution in [1.29, 1.82) is 0 Å². The molecule has 0 aliphatic rings. The van der Waals surface area contributed by atoms with Crippen molar-refractivity contribution in [3.8, 4) is 0 Å². The van der Waals surface area contributed by atoms with Gasteiger partial charge in [-0.2, -0.15) is 0 Å². The van der Waals surface area contributed by atoms with E-state index in [-0.39, 0.29) is 17.3 Å². The predicted octanol–water partition coefficient (Wildman–Crippen LogP) is 5.53. The molecular formula is C31H38ClN3O4S. The molecule has 1 atom stereocenters. The van der Waals surface area contributed by atoms with Crippen LogP contribution >= 0.6 is 11.6 Å². The van der Waals surface area contributed by atoms with E-state index in [9.17, 15) is 18.0 Å². The second-order valence-electron chi connectivity index (χ2n) is 9.90. The van der Waals surface area contributed by atoms with Gasteiger partial charge in [0.1, 0.15) is 12.6 Å². The van der Waals surface area contributed by atoms with Gasteiger partial charge < -0.3 is 10.2 Å². The second-order valence-corrected chi connectivity index (χ2v) is 12.2. The first-order valence-corrected chi connectivity index (χ1v) is 15.3. The number of carbonyl (C=O) groups excluding carboxylic acids is 2. The van der Waals surface area contributed by atoms with Crippen molar-refractivity contribution in [2.45, 2.75) is 57.9 Å². The summed E-state index contributed by atoms with van der Waals surface area (Å²) in [5.74, 6) is -0.746. The molecule has 214 valence electrons. The van der Waals surface area contributed by atoms with E-state index in [1.54, 1.807) is 44.2 Å². The number of nitrogens with zero attached hydrogens (tertiary/aromatic N) is 2. The standard InChI is InChI=1S/C31H38ClN3O4S/c1-5-6-19-33-31(37)25(4)34(20-18-26-10-8-7-9-11-26)30(36)22-35(29-17-14-27(32)21-24(29)3)40(38,39)28-15-12-23(2)13-16-28/h7-17,21,25H,5-6,18-20,22H2,1-4H3,(H,33,37)/t25-/m1/s1. The van der Waals surface area contributed by atoms with Crippen LogP contribution in [0.25, 0.3) is 0 Å². The molecule has 0 aliphatic carbocycles. The zero-order chi connectivity index (χ0) is 29.3. The molecule has 0 spiro atoms. The summed E-state index contributed by atoms with van der Waals surface area (Å²) in [5, 5.41) is 3.36. The maximum atomic E-state index is 13.9. The number of sulfonamides is 1. The van der Waals surface area contributed by atoms with Crippen molar-refractivity contribution in [3.05, 3.63) is 94.5 Å². The summed E-state index contributed by atoms with van der Waals surface area (Å²) in [5.41, 5.74) is 2.88. The minimum absolute atomic E-state index is 0.0708. The molecular weight excluding hydrogens is 546 g/mol. The van der Waals surface area contributed by atoms with Gasteiger partial charge in [0.05, 0.1) is 10.6 Å². The number of unbranched alkanes of at least 4 members (excludes halogenated alkanes) is 1. The summed E-state index contributed by atoms with van der Waals surface area (Å²) in [6.45, 7) is 7.63. The SMILES string of the molecule is CCCCNC(=O)[C@@H](C)N(CCc1ccccc1)C(=O)CN(c1ccc(Cl)cc1C)S(=O)(=O)c1ccc(C)cc1. The summed E-state index contributed by atoms with van der Waals surface area (Å²) in [6.07, 6.45) is 2.27. The molecule has 0 aliphatic heterocycles. The summed E-state index contributed by atoms with van der Waals surface area (Å²) < 4.78 is 29.0. The number of hydrogen-bond donors (Lipinski definition) is 1. The van der Waals surface area contributed by atoms with Crippen LogP contribution in [0.2, 0.25) is 5.02 Å². The lowest BCUT2D eigenvalue weighted by Gasteiger charge is -2.32. The highest BCUT2D eigenvalue weighted by Crippen LogP contribution is 2.29. The van der Waals surface area contributed by atoms with Crippen molar-refractivity contribution < 1.29 is 18.0 Å². The first-order chi connectivity index (χ1) is 19.0. The van der Waals surface area contributed by atoms with E-state index in [1.165, 1.54) is 17.0 Å². The highest BCUT2D eigenvalue weighted by atomic mass is 35.5. The number of aryl methyl sites for hydroxylation is 2. The Balaban J connectivity index is 1.98. The van der Waals surface area contributed by atoms with Gasteiger partial charge in [0.2, 0.25) is 11.8 Å². The molecule has 0 unspecified atom stereocenters. The minimum Gasteiger partial charge on any atom is -0.354 e. The third kappa shape index (κ3) is 8.08. The average molecular weight is 584 g/mol. The van der Waals surface area contributed by atoms with Gasteiger partial charge in [-0.3, -0.25) is 13.9 Å². The lowest BCUT2D eigenvalue weighted by molar-refractivity contribution is -0.138. The maximum Gasteiger partial charge on any atom is 0.264 e. The smallest absolute Gasteiger partial charge is 0.264 e. The number of amides is 2. The van der Waals surface area contributed by atoms with Gasteiger partial charge in [-0.15, -0.1) is 0 Å². The Labute approximate surface area is 243 Å². The van der Waals surface area contributed by atoms with Gasteiger partial charge in [-0.25, -0.2) is 8.42 Å². The zero-order valence-corrected chi connectivity index (χ0v) is 25.1. The second kappa shape index (κ2) is 14.3. The fourth-order valence-corrected chi connectivity index (χ4v) is 6.06. The van der Waals surface area contributed by atoms with Crippen LogP contribution in [0.3, 0.4) is 0 Å². The Morgan fingerprint density at radius 2 is 1.65 bits per heavy atom. The number of benzene rings is 3. The van der Waals surface area contributed by atoms with Crippen molar-refractivity contribution in [3.63, 3.8) is 0 Å². The molecule has 0 saturated carbocycles. The van der Waals surface area contributed by atoms with Crippen LogP contribution < -0.4 is 9.62 Å². The summed E-state index contributed by atoms with van der Waals surface area (Å²) in [4.78, 5) is 28.5. The Kier molecular flexibility index (Phi) is 11.2. The van der Waals surface area contributed by atoms with E-state index in [1.807, 2.05) is 44.2 Å². The largest absolute Gasteiger partial charge is 0.354 e. The number of anilines is 1. The predicted molar refractivity (Wildman–Crippen MR) is 161 cm³/mol. The normalized spacial score (nSPS) is 12.0. The van der Waals surface area contributed by atoms with E-state index < -0.39 is 28.5 Å². The molecule has 40 heavy (non-hydrogen) atoms. The van der Waals surface area contributed by atoms with Crippen LogP contribution in [0.5, 0.6) is 0 Å². The fourth-order valence-electron chi connectivity index (χ4n) is 4.36. The van der Waals surface area contributed by atoms with Gasteiger partial charge in [-0.1, -0.05) is 73.0 Å². The van der Waals surface area contributed by atoms with Gasteiger partial charge in [0.15, 0.2) is 0 Å². The Morgan fingerprint density at radius 1 is 0.975 bits per heavy atom. The van der Waals surface area contributed by atoms with Crippen molar-refractivity contribution in [2.75, 3.05) is 23.9 Å². The summed E-state index contributed by atoms with van der Waals surface area (Å²) in [6, 6.07) is 20.2. The monoisotopic (exact) mass is 583 g/mol. The Morgan fingerprint density at radius 3 is 2.27 bits per heavy atom. The molecule has 3 aromatic rings. The third-order valence-corrected chi connectivity index (χ3v) is 8.81. The molecule has 0 radical (unpaired) electrons. The Hall–Kier alpha value is -3.36. The van der Waals surface area contributed by atoms with Gasteiger partial charge in [0.25, 0.3) is 10.0 Å². The first-order valence-electron chi connectivity index (χ1n) is 13.5. The Bertz CT molecular complexity index is 1400. The number of rotatable bonds is 13. The molecule has 3 aromatic carbocycles. The molecule has 0 heterocycles. The van der Waals surface area contributed by atoms with E-state index in [0.29, 0.717) is 29.2 Å². The molecule has 7 nitrogen and oxygen atoms in total. The van der Waals surface area contributed by atoms with Crippen LogP contribution in [-0.4, -0.2) is 50.8 Å². The van der Waals surface area contributed by atoms with Gasteiger partial charge in [-0.05, 0) is 75.1 Å². The van der Waals surface area contributed by atoms with Gasteiger partial charge in [0, 0.05) is 18.1 Å². The molecule has 2 amide bonds. The molecule has 0 bridgehead atoms. The number of hydrogen-bond acceptors (Lipinski definition) is 4. The topological polar surface area (TPSA) is 86.8 Å². The molecule has 0 saturated heterocycles. The lowest BCUT2D eigenvalue weighted by atomic mass is 10.1. The fraction of sp³-hybridized carbons (Fsp3) is 0.355. The molecule has 9 heteroatoms. The van der Waals surface area contributed by atoms with Crippen LogP contribution in [0, 0.1) is 13.8 Å². The average Bonchev–Trinajstić information content (AvgIpc) is 2.93. The van der Waals surface area contributed by atoms with E-state index >= 15 is 0 Å². The molecule has 0 fully saturated rings. The molecule has 0 aromatic heterocycles. The van der Waals surface area contributed by atoms with Crippen molar-refractivity contribution >= 4 is 39.1 Å². The minimum atomic E-state index is -4.12. The van der Waals surface area contributed by atoms with Crippen molar-refractivity contribution in [2.24, 2.45) is 0 Å². The highest BCUT2D eigenvalue weighted by molar-refractivity contribution is 7.92. The third-order valence-electron chi connectivity index (χ3n) is 6.80. The van der Waals surface area contributed by atoms with E-state index in [2.05, 4.69) is 5.32 Å². The van der Waals surface area contributed by atoms with Crippen LogP contribution in [0.4, 0.5) is 5.69 Å². The van der Waals surface area contributed by atoms with Crippen LogP contribution in [0.15, 0.2) is 77.7 Å². The number of nitrogens with one attached hydrogen (secondary N) is 1. The molecule has 1 N–H and O–H groups in total. The van der Waals surface area contributed by atoms with E-state index in [4.69, 9.17) is 11.6 Å². The highest BCUT2D eigenvalue weighted by Gasteiger charge is 2.33.